The number of carboxylic acids is 2. The molecule has 0 aliphatic carbocycles. The van der Waals surface area contributed by atoms with Gasteiger partial charge in [-0.15, -0.1) is 0 Å². The van der Waals surface area contributed by atoms with Crippen LogP contribution in [0.4, 0.5) is 0 Å². The average molecular weight is 521 g/mol. The summed E-state index contributed by atoms with van der Waals surface area (Å²) in [6, 6.07) is -5.57. The molecule has 13 N–H and O–H groups in total. The highest BCUT2D eigenvalue weighted by molar-refractivity contribution is 7.80. The summed E-state index contributed by atoms with van der Waals surface area (Å²) in [4.78, 5) is 74.7. The Morgan fingerprint density at radius 3 is 1.86 bits per heavy atom. The number of aliphatic imine (C=N–C) groups is 1. The third-order valence-corrected chi connectivity index (χ3v) is 4.79. The Morgan fingerprint density at radius 2 is 1.37 bits per heavy atom. The van der Waals surface area contributed by atoms with Crippen molar-refractivity contribution in [3.8, 4) is 0 Å². The monoisotopic (exact) mass is 520 g/mol. The number of hydrogen-bond acceptors (Lipinski definition) is 9. The molecule has 16 nitrogen and oxygen atoms in total. The van der Waals surface area contributed by atoms with Crippen molar-refractivity contribution in [1.29, 1.82) is 0 Å². The van der Waals surface area contributed by atoms with Crippen molar-refractivity contribution in [2.24, 2.45) is 27.9 Å². The summed E-state index contributed by atoms with van der Waals surface area (Å²) < 4.78 is 0. The Hall–Kier alpha value is -3.60. The van der Waals surface area contributed by atoms with E-state index < -0.39 is 66.2 Å². The van der Waals surface area contributed by atoms with Crippen molar-refractivity contribution in [3.63, 3.8) is 0 Å². The van der Waals surface area contributed by atoms with Crippen LogP contribution in [-0.4, -0.2) is 88.2 Å². The summed E-state index contributed by atoms with van der Waals surface area (Å²) in [5.74, 6) is -6.85. The first kappa shape index (κ1) is 31.4. The van der Waals surface area contributed by atoms with Crippen LogP contribution in [0.2, 0.25) is 0 Å². The first-order valence-corrected chi connectivity index (χ1v) is 11.0. The summed E-state index contributed by atoms with van der Waals surface area (Å²) >= 11 is 3.80. The van der Waals surface area contributed by atoms with Crippen LogP contribution >= 0.6 is 12.6 Å². The number of amides is 4. The van der Waals surface area contributed by atoms with Gasteiger partial charge in [0, 0.05) is 18.7 Å². The maximum absolute atomic E-state index is 12.9. The number of nitrogens with zero attached hydrogens (tertiary/aromatic N) is 1. The molecule has 0 spiro atoms. The van der Waals surface area contributed by atoms with Gasteiger partial charge in [-0.3, -0.25) is 29.0 Å². The van der Waals surface area contributed by atoms with E-state index >= 15 is 0 Å². The molecule has 35 heavy (non-hydrogen) atoms. The van der Waals surface area contributed by atoms with Crippen molar-refractivity contribution in [2.45, 2.75) is 56.3 Å². The fraction of sp³-hybridized carbons (Fsp3) is 0.611. The fourth-order valence-corrected chi connectivity index (χ4v) is 2.84. The van der Waals surface area contributed by atoms with E-state index in [9.17, 15) is 28.8 Å². The maximum atomic E-state index is 12.9. The van der Waals surface area contributed by atoms with E-state index in [2.05, 4.69) is 33.6 Å². The SMILES string of the molecule is NC(=O)CCC(N)C(=O)NC(CCCN=C(N)N)C(=O)NC(CC(=O)O)C(=O)NC(CS)C(=O)O. The van der Waals surface area contributed by atoms with Crippen LogP contribution in [0, 0.1) is 0 Å². The number of carbonyl (C=O) groups is 6. The lowest BCUT2D eigenvalue weighted by Crippen LogP contribution is -2.57. The number of guanidine groups is 1. The number of thiol groups is 1. The molecule has 0 aromatic rings. The Balaban J connectivity index is 5.54. The molecule has 0 bridgehead atoms. The molecular weight excluding hydrogens is 488 g/mol. The first-order chi connectivity index (χ1) is 16.3. The molecule has 198 valence electrons. The zero-order chi connectivity index (χ0) is 27.1. The predicted octanol–water partition coefficient (Wildman–Crippen LogP) is -4.42. The normalized spacial score (nSPS) is 13.9. The summed E-state index contributed by atoms with van der Waals surface area (Å²) in [5, 5.41) is 24.8. The number of nitrogens with one attached hydrogen (secondary N) is 3. The number of nitrogens with two attached hydrogens (primary N) is 4. The third-order valence-electron chi connectivity index (χ3n) is 4.43. The van der Waals surface area contributed by atoms with Gasteiger partial charge in [-0.2, -0.15) is 12.6 Å². The lowest BCUT2D eigenvalue weighted by atomic mass is 10.1. The third kappa shape index (κ3) is 13.6. The van der Waals surface area contributed by atoms with Crippen LogP contribution < -0.4 is 38.9 Å². The van der Waals surface area contributed by atoms with Gasteiger partial charge in [0.1, 0.15) is 18.1 Å². The zero-order valence-electron chi connectivity index (χ0n) is 18.8. The molecule has 0 radical (unpaired) electrons. The molecular formula is C18H32N8O8S. The van der Waals surface area contributed by atoms with E-state index in [1.165, 1.54) is 0 Å². The van der Waals surface area contributed by atoms with Gasteiger partial charge >= 0.3 is 11.9 Å². The predicted molar refractivity (Wildman–Crippen MR) is 126 cm³/mol. The van der Waals surface area contributed by atoms with E-state index in [1.54, 1.807) is 0 Å². The molecule has 4 unspecified atom stereocenters. The van der Waals surface area contributed by atoms with Crippen molar-refractivity contribution < 1.29 is 39.0 Å². The average Bonchev–Trinajstić information content (AvgIpc) is 2.75. The minimum absolute atomic E-state index is 0.0350. The van der Waals surface area contributed by atoms with Crippen molar-refractivity contribution in [3.05, 3.63) is 0 Å². The summed E-state index contributed by atoms with van der Waals surface area (Å²) in [6.45, 7) is 0.0942. The van der Waals surface area contributed by atoms with Crippen LogP contribution in [0.25, 0.3) is 0 Å². The molecule has 17 heteroatoms. The fourth-order valence-electron chi connectivity index (χ4n) is 2.59. The molecule has 0 aliphatic heterocycles. The second-order valence-electron chi connectivity index (χ2n) is 7.36. The zero-order valence-corrected chi connectivity index (χ0v) is 19.7. The quantitative estimate of drug-likeness (QED) is 0.0377. The van der Waals surface area contributed by atoms with E-state index in [0.717, 1.165) is 0 Å². The molecule has 0 saturated heterocycles. The molecule has 0 aromatic carbocycles. The van der Waals surface area contributed by atoms with E-state index in [4.69, 9.17) is 33.1 Å². The second-order valence-corrected chi connectivity index (χ2v) is 7.73. The highest BCUT2D eigenvalue weighted by Crippen LogP contribution is 2.04. The van der Waals surface area contributed by atoms with E-state index in [-0.39, 0.29) is 43.9 Å². The molecule has 0 rings (SSSR count). The number of carboxylic acid groups (broad SMARTS) is 2. The van der Waals surface area contributed by atoms with Gasteiger partial charge in [0.15, 0.2) is 5.96 Å². The van der Waals surface area contributed by atoms with Crippen LogP contribution in [0.3, 0.4) is 0 Å². The Labute approximate surface area is 206 Å². The molecule has 4 amide bonds. The Bertz CT molecular complexity index is 820. The summed E-state index contributed by atoms with van der Waals surface area (Å²) in [5.41, 5.74) is 21.2. The van der Waals surface area contributed by atoms with E-state index in [0.29, 0.717) is 0 Å². The number of carbonyl (C=O) groups excluding carboxylic acids is 4. The minimum Gasteiger partial charge on any atom is -0.481 e. The highest BCUT2D eigenvalue weighted by atomic mass is 32.1. The summed E-state index contributed by atoms with van der Waals surface area (Å²) in [7, 11) is 0. The Morgan fingerprint density at radius 1 is 0.829 bits per heavy atom. The van der Waals surface area contributed by atoms with Crippen LogP contribution in [0.15, 0.2) is 4.99 Å². The molecule has 0 fully saturated rings. The van der Waals surface area contributed by atoms with Crippen molar-refractivity contribution in [1.82, 2.24) is 16.0 Å². The second kappa shape index (κ2) is 16.1. The smallest absolute Gasteiger partial charge is 0.327 e. The standard InChI is InChI=1S/C18H32N8O8S/c19-8(3-4-12(20)27)14(30)24-9(2-1-5-23-18(21)22)15(31)25-10(6-13(28)29)16(32)26-11(7-35)17(33)34/h8-11,35H,1-7,19H2,(H2,20,27)(H,24,30)(H,25,31)(H,26,32)(H,28,29)(H,33,34)(H4,21,22,23). The van der Waals surface area contributed by atoms with Crippen molar-refractivity contribution in [2.75, 3.05) is 12.3 Å². The molecule has 0 heterocycles. The number of aliphatic carboxylic acids is 2. The number of hydrogen-bond donors (Lipinski definition) is 10. The largest absolute Gasteiger partial charge is 0.481 e. The van der Waals surface area contributed by atoms with Crippen LogP contribution in [-0.2, 0) is 28.8 Å². The molecule has 0 aliphatic rings. The highest BCUT2D eigenvalue weighted by Gasteiger charge is 2.31. The van der Waals surface area contributed by atoms with E-state index in [1.807, 2.05) is 0 Å². The topological polar surface area (TPSA) is 295 Å². The van der Waals surface area contributed by atoms with Gasteiger partial charge in [-0.25, -0.2) is 4.79 Å². The van der Waals surface area contributed by atoms with Gasteiger partial charge in [-0.05, 0) is 19.3 Å². The Kier molecular flexibility index (Phi) is 14.4. The van der Waals surface area contributed by atoms with Gasteiger partial charge in [-0.1, -0.05) is 0 Å². The number of primary amides is 1. The molecule has 0 saturated carbocycles. The summed E-state index contributed by atoms with van der Waals surface area (Å²) in [6.07, 6.45) is -0.972. The molecule has 4 atom stereocenters. The van der Waals surface area contributed by atoms with Crippen LogP contribution in [0.5, 0.6) is 0 Å². The van der Waals surface area contributed by atoms with Crippen molar-refractivity contribution >= 4 is 54.2 Å². The maximum Gasteiger partial charge on any atom is 0.327 e. The number of rotatable bonds is 17. The van der Waals surface area contributed by atoms with Gasteiger partial charge in [0.25, 0.3) is 0 Å². The first-order valence-electron chi connectivity index (χ1n) is 10.3. The minimum atomic E-state index is -1.66. The lowest BCUT2D eigenvalue weighted by molar-refractivity contribution is -0.143. The van der Waals surface area contributed by atoms with Gasteiger partial charge < -0.3 is 49.1 Å². The van der Waals surface area contributed by atoms with Gasteiger partial charge in [0.2, 0.25) is 23.6 Å². The van der Waals surface area contributed by atoms with Gasteiger partial charge in [0.05, 0.1) is 12.5 Å². The lowest BCUT2D eigenvalue weighted by Gasteiger charge is -2.24. The van der Waals surface area contributed by atoms with Crippen LogP contribution in [0.1, 0.15) is 32.1 Å². The molecule has 0 aromatic heterocycles.